The molecule has 1 aromatic heterocycles. The molecule has 1 aromatic carbocycles. The van der Waals surface area contributed by atoms with E-state index in [1.54, 1.807) is 12.4 Å². The molecule has 0 aliphatic carbocycles. The van der Waals surface area contributed by atoms with Crippen LogP contribution in [0.25, 0.3) is 10.9 Å². The third-order valence-electron chi connectivity index (χ3n) is 3.33. The second kappa shape index (κ2) is 4.45. The summed E-state index contributed by atoms with van der Waals surface area (Å²) in [5.74, 6) is 0.00854. The van der Waals surface area contributed by atoms with Gasteiger partial charge in [0.25, 0.3) is 0 Å². The molecule has 2 aromatic rings. The topological polar surface area (TPSA) is 89.6 Å². The van der Waals surface area contributed by atoms with Crippen LogP contribution in [0.1, 0.15) is 11.1 Å². The highest BCUT2D eigenvalue weighted by atomic mass is 15.1. The molecular weight excluding hydrogens is 250 g/mol. The summed E-state index contributed by atoms with van der Waals surface area (Å²) in [7, 11) is 0. The maximum atomic E-state index is 5.56. The molecule has 0 amide bonds. The number of aliphatic imine (C=N–C) groups is 2. The first-order chi connectivity index (χ1) is 9.61. The number of pyridine rings is 1. The van der Waals surface area contributed by atoms with Crippen molar-refractivity contribution in [3.05, 3.63) is 53.7 Å². The summed E-state index contributed by atoms with van der Waals surface area (Å²) in [4.78, 5) is 13.1. The smallest absolute Gasteiger partial charge is 0.198 e. The van der Waals surface area contributed by atoms with Crippen molar-refractivity contribution in [2.75, 3.05) is 0 Å². The fourth-order valence-electron chi connectivity index (χ4n) is 2.49. The predicted octanol–water partition coefficient (Wildman–Crippen LogP) is 1.61. The van der Waals surface area contributed by atoms with Gasteiger partial charge >= 0.3 is 0 Å². The molecule has 20 heavy (non-hydrogen) atoms. The Morgan fingerprint density at radius 3 is 2.85 bits per heavy atom. The van der Waals surface area contributed by atoms with E-state index >= 15 is 0 Å². The molecular formula is C15H15N5. The summed E-state index contributed by atoms with van der Waals surface area (Å²) in [6.07, 6.45) is 7.19. The van der Waals surface area contributed by atoms with E-state index in [2.05, 4.69) is 21.0 Å². The number of aromatic nitrogens is 1. The van der Waals surface area contributed by atoms with Gasteiger partial charge in [0.05, 0.1) is 5.52 Å². The van der Waals surface area contributed by atoms with Crippen LogP contribution in [0.4, 0.5) is 0 Å². The van der Waals surface area contributed by atoms with Gasteiger partial charge in [-0.2, -0.15) is 0 Å². The highest BCUT2D eigenvalue weighted by Crippen LogP contribution is 2.35. The van der Waals surface area contributed by atoms with Crippen LogP contribution in [-0.2, 0) is 5.66 Å². The van der Waals surface area contributed by atoms with Crippen molar-refractivity contribution >= 4 is 23.1 Å². The SMILES string of the molecule is Cc1cc2cccnc2cc1C1(N=C(N)N)C=CC=N1. The van der Waals surface area contributed by atoms with Gasteiger partial charge < -0.3 is 11.5 Å². The van der Waals surface area contributed by atoms with E-state index in [9.17, 15) is 0 Å². The highest BCUT2D eigenvalue weighted by Gasteiger charge is 2.31. The molecule has 100 valence electrons. The molecule has 0 bridgehead atoms. The Balaban J connectivity index is 2.27. The molecule has 1 atom stereocenters. The zero-order valence-electron chi connectivity index (χ0n) is 11.1. The van der Waals surface area contributed by atoms with E-state index in [1.807, 2.05) is 37.3 Å². The summed E-state index contributed by atoms with van der Waals surface area (Å²) < 4.78 is 0. The van der Waals surface area contributed by atoms with Crippen LogP contribution >= 0.6 is 0 Å². The Morgan fingerprint density at radius 1 is 1.30 bits per heavy atom. The summed E-state index contributed by atoms with van der Waals surface area (Å²) in [6, 6.07) is 8.01. The molecule has 4 N–H and O–H groups in total. The van der Waals surface area contributed by atoms with Crippen molar-refractivity contribution < 1.29 is 0 Å². The van der Waals surface area contributed by atoms with Crippen LogP contribution in [0.3, 0.4) is 0 Å². The average molecular weight is 265 g/mol. The van der Waals surface area contributed by atoms with Crippen LogP contribution in [0.2, 0.25) is 0 Å². The summed E-state index contributed by atoms with van der Waals surface area (Å²) >= 11 is 0. The number of hydrogen-bond acceptors (Lipinski definition) is 3. The van der Waals surface area contributed by atoms with E-state index < -0.39 is 5.66 Å². The first-order valence-corrected chi connectivity index (χ1v) is 6.30. The van der Waals surface area contributed by atoms with Crippen molar-refractivity contribution in [1.29, 1.82) is 0 Å². The quantitative estimate of drug-likeness (QED) is 0.638. The minimum absolute atomic E-state index is 0.00854. The van der Waals surface area contributed by atoms with Gasteiger partial charge in [0, 0.05) is 23.4 Å². The number of benzene rings is 1. The first kappa shape index (κ1) is 12.3. The van der Waals surface area contributed by atoms with Gasteiger partial charge in [0.2, 0.25) is 0 Å². The number of aryl methyl sites for hydroxylation is 1. The van der Waals surface area contributed by atoms with E-state index in [4.69, 9.17) is 11.5 Å². The lowest BCUT2D eigenvalue weighted by atomic mass is 9.94. The minimum Gasteiger partial charge on any atom is -0.370 e. The largest absolute Gasteiger partial charge is 0.370 e. The van der Waals surface area contributed by atoms with Crippen molar-refractivity contribution in [2.24, 2.45) is 21.5 Å². The van der Waals surface area contributed by atoms with Crippen LogP contribution in [0.5, 0.6) is 0 Å². The maximum absolute atomic E-state index is 5.56. The van der Waals surface area contributed by atoms with Gasteiger partial charge in [0.15, 0.2) is 11.6 Å². The van der Waals surface area contributed by atoms with Gasteiger partial charge in [-0.25, -0.2) is 4.99 Å². The standard InChI is InChI=1S/C15H15N5/c1-10-8-11-4-2-6-18-13(11)9-12(10)15(20-14(16)17)5-3-7-19-15/h2-9H,1H3,(H4,16,17,20). The Labute approximate surface area is 116 Å². The second-order valence-electron chi connectivity index (χ2n) is 4.76. The third-order valence-corrected chi connectivity index (χ3v) is 3.33. The number of allylic oxidation sites excluding steroid dienone is 1. The third kappa shape index (κ3) is 1.93. The zero-order valence-corrected chi connectivity index (χ0v) is 11.1. The molecule has 1 aliphatic heterocycles. The normalized spacial score (nSPS) is 20.4. The Kier molecular flexibility index (Phi) is 2.75. The minimum atomic E-state index is -0.866. The fourth-order valence-corrected chi connectivity index (χ4v) is 2.49. The van der Waals surface area contributed by atoms with Gasteiger partial charge in [-0.3, -0.25) is 9.98 Å². The number of guanidine groups is 1. The molecule has 5 nitrogen and oxygen atoms in total. The maximum Gasteiger partial charge on any atom is 0.198 e. The summed E-state index contributed by atoms with van der Waals surface area (Å²) in [5, 5.41) is 1.08. The monoisotopic (exact) mass is 265 g/mol. The molecule has 0 radical (unpaired) electrons. The lowest BCUT2D eigenvalue weighted by Crippen LogP contribution is -2.29. The van der Waals surface area contributed by atoms with Crippen molar-refractivity contribution in [1.82, 2.24) is 4.98 Å². The van der Waals surface area contributed by atoms with Crippen molar-refractivity contribution in [3.8, 4) is 0 Å². The Hall–Kier alpha value is -2.69. The number of nitrogens with zero attached hydrogens (tertiary/aromatic N) is 3. The molecule has 1 aliphatic rings. The lowest BCUT2D eigenvalue weighted by molar-refractivity contribution is 0.607. The van der Waals surface area contributed by atoms with E-state index in [0.717, 1.165) is 22.0 Å². The molecule has 0 saturated carbocycles. The zero-order chi connectivity index (χ0) is 14.2. The van der Waals surface area contributed by atoms with E-state index in [-0.39, 0.29) is 5.96 Å². The van der Waals surface area contributed by atoms with Crippen LogP contribution in [0, 0.1) is 6.92 Å². The van der Waals surface area contributed by atoms with E-state index in [1.165, 1.54) is 0 Å². The van der Waals surface area contributed by atoms with Crippen LogP contribution < -0.4 is 11.5 Å². The predicted molar refractivity (Wildman–Crippen MR) is 81.6 cm³/mol. The molecule has 2 heterocycles. The van der Waals surface area contributed by atoms with E-state index in [0.29, 0.717) is 0 Å². The van der Waals surface area contributed by atoms with Crippen molar-refractivity contribution in [2.45, 2.75) is 12.6 Å². The first-order valence-electron chi connectivity index (χ1n) is 6.30. The van der Waals surface area contributed by atoms with Gasteiger partial charge in [-0.15, -0.1) is 0 Å². The van der Waals surface area contributed by atoms with Gasteiger partial charge in [0.1, 0.15) is 0 Å². The lowest BCUT2D eigenvalue weighted by Gasteiger charge is -2.22. The highest BCUT2D eigenvalue weighted by molar-refractivity contribution is 5.83. The molecule has 3 rings (SSSR count). The molecule has 0 spiro atoms. The Morgan fingerprint density at radius 2 is 2.15 bits per heavy atom. The average Bonchev–Trinajstić information content (AvgIpc) is 2.86. The molecule has 1 unspecified atom stereocenters. The van der Waals surface area contributed by atoms with Gasteiger partial charge in [-0.05, 0) is 42.8 Å². The molecule has 0 fully saturated rings. The van der Waals surface area contributed by atoms with Crippen LogP contribution in [0.15, 0.2) is 52.6 Å². The number of nitrogens with two attached hydrogens (primary N) is 2. The fraction of sp³-hybridized carbons (Fsp3) is 0.133. The molecule has 5 heteroatoms. The van der Waals surface area contributed by atoms with Gasteiger partial charge in [-0.1, -0.05) is 6.07 Å². The number of fused-ring (bicyclic) bond motifs is 1. The van der Waals surface area contributed by atoms with Crippen molar-refractivity contribution in [3.63, 3.8) is 0 Å². The number of rotatable bonds is 2. The second-order valence-corrected chi connectivity index (χ2v) is 4.76. The Bertz CT molecular complexity index is 742. The summed E-state index contributed by atoms with van der Waals surface area (Å²) in [5.41, 5.74) is 13.2. The van der Waals surface area contributed by atoms with Crippen LogP contribution in [-0.4, -0.2) is 17.2 Å². The number of hydrogen-bond donors (Lipinski definition) is 2. The molecule has 0 saturated heterocycles. The summed E-state index contributed by atoms with van der Waals surface area (Å²) in [6.45, 7) is 2.02.